The summed E-state index contributed by atoms with van der Waals surface area (Å²) in [6, 6.07) is 7.50. The van der Waals surface area contributed by atoms with Gasteiger partial charge in [0.05, 0.1) is 11.3 Å². The van der Waals surface area contributed by atoms with E-state index in [1.165, 1.54) is 12.1 Å². The Morgan fingerprint density at radius 3 is 2.29 bits per heavy atom. The molecule has 2 heterocycles. The van der Waals surface area contributed by atoms with E-state index < -0.39 is 11.7 Å². The van der Waals surface area contributed by atoms with E-state index in [2.05, 4.69) is 15.0 Å². The van der Waals surface area contributed by atoms with Crippen molar-refractivity contribution in [3.8, 4) is 0 Å². The van der Waals surface area contributed by atoms with Gasteiger partial charge in [0.2, 0.25) is 0 Å². The quantitative estimate of drug-likeness (QED) is 0.855. The van der Waals surface area contributed by atoms with E-state index in [9.17, 15) is 13.2 Å². The Morgan fingerprint density at radius 2 is 1.71 bits per heavy atom. The van der Waals surface area contributed by atoms with Crippen LogP contribution in [0.1, 0.15) is 22.6 Å². The molecule has 1 aliphatic rings. The Labute approximate surface area is 138 Å². The SMILES string of the molecule is Cc1cc(CN2CCN(Cc3cccc(C(F)(F)F)c3)CC2)no1. The summed E-state index contributed by atoms with van der Waals surface area (Å²) in [5, 5.41) is 3.99. The average molecular weight is 339 g/mol. The molecule has 3 rings (SSSR count). The Kier molecular flexibility index (Phi) is 4.91. The highest BCUT2D eigenvalue weighted by Crippen LogP contribution is 2.29. The second-order valence-electron chi connectivity index (χ2n) is 6.18. The Hall–Kier alpha value is -1.86. The number of piperazine rings is 1. The summed E-state index contributed by atoms with van der Waals surface area (Å²) < 4.78 is 43.4. The first-order chi connectivity index (χ1) is 11.4. The van der Waals surface area contributed by atoms with E-state index in [0.29, 0.717) is 12.1 Å². The lowest BCUT2D eigenvalue weighted by Crippen LogP contribution is -2.45. The zero-order valence-electron chi connectivity index (χ0n) is 13.5. The van der Waals surface area contributed by atoms with E-state index in [0.717, 1.165) is 50.2 Å². The first-order valence-electron chi connectivity index (χ1n) is 7.93. The maximum absolute atomic E-state index is 12.8. The van der Waals surface area contributed by atoms with E-state index in [-0.39, 0.29) is 0 Å². The van der Waals surface area contributed by atoms with Crippen LogP contribution in [0.2, 0.25) is 0 Å². The Bertz CT molecular complexity index is 676. The molecule has 4 nitrogen and oxygen atoms in total. The van der Waals surface area contributed by atoms with Gasteiger partial charge in [-0.3, -0.25) is 9.80 Å². The van der Waals surface area contributed by atoms with Gasteiger partial charge in [-0.05, 0) is 18.6 Å². The number of halogens is 3. The maximum Gasteiger partial charge on any atom is 0.416 e. The number of aryl methyl sites for hydroxylation is 1. The molecule has 0 aliphatic carbocycles. The van der Waals surface area contributed by atoms with Crippen LogP contribution in [-0.4, -0.2) is 41.1 Å². The van der Waals surface area contributed by atoms with Crippen LogP contribution in [0.5, 0.6) is 0 Å². The molecule has 0 spiro atoms. The van der Waals surface area contributed by atoms with E-state index in [4.69, 9.17) is 4.52 Å². The topological polar surface area (TPSA) is 32.5 Å². The van der Waals surface area contributed by atoms with Gasteiger partial charge in [0.25, 0.3) is 0 Å². The molecule has 1 fully saturated rings. The molecule has 0 atom stereocenters. The summed E-state index contributed by atoms with van der Waals surface area (Å²) in [6.45, 7) is 6.54. The molecule has 1 aromatic carbocycles. The molecule has 0 radical (unpaired) electrons. The van der Waals surface area contributed by atoms with E-state index >= 15 is 0 Å². The molecule has 24 heavy (non-hydrogen) atoms. The van der Waals surface area contributed by atoms with Crippen LogP contribution in [0.25, 0.3) is 0 Å². The third-order valence-corrected chi connectivity index (χ3v) is 4.19. The van der Waals surface area contributed by atoms with Crippen LogP contribution in [0.15, 0.2) is 34.9 Å². The summed E-state index contributed by atoms with van der Waals surface area (Å²) >= 11 is 0. The monoisotopic (exact) mass is 339 g/mol. The predicted molar refractivity (Wildman–Crippen MR) is 83.2 cm³/mol. The minimum absolute atomic E-state index is 0.542. The van der Waals surface area contributed by atoms with Crippen LogP contribution < -0.4 is 0 Å². The van der Waals surface area contributed by atoms with Crippen LogP contribution >= 0.6 is 0 Å². The number of rotatable bonds is 4. The van der Waals surface area contributed by atoms with Crippen molar-refractivity contribution in [1.82, 2.24) is 15.0 Å². The highest BCUT2D eigenvalue weighted by molar-refractivity contribution is 5.25. The fourth-order valence-electron chi connectivity index (χ4n) is 2.93. The van der Waals surface area contributed by atoms with Gasteiger partial charge in [-0.1, -0.05) is 23.4 Å². The lowest BCUT2D eigenvalue weighted by Gasteiger charge is -2.34. The fourth-order valence-corrected chi connectivity index (χ4v) is 2.93. The van der Waals surface area contributed by atoms with Crippen LogP contribution in [0, 0.1) is 6.92 Å². The first-order valence-corrected chi connectivity index (χ1v) is 7.93. The number of benzene rings is 1. The number of aromatic nitrogens is 1. The minimum Gasteiger partial charge on any atom is -0.361 e. The van der Waals surface area contributed by atoms with Crippen molar-refractivity contribution >= 4 is 0 Å². The van der Waals surface area contributed by atoms with Gasteiger partial charge in [0.1, 0.15) is 5.76 Å². The van der Waals surface area contributed by atoms with Crippen molar-refractivity contribution in [2.75, 3.05) is 26.2 Å². The summed E-state index contributed by atoms with van der Waals surface area (Å²) in [7, 11) is 0. The Balaban J connectivity index is 1.52. The van der Waals surface area contributed by atoms with Crippen molar-refractivity contribution in [1.29, 1.82) is 0 Å². The third kappa shape index (κ3) is 4.36. The fraction of sp³-hybridized carbons (Fsp3) is 0.471. The van der Waals surface area contributed by atoms with E-state index in [1.54, 1.807) is 6.07 Å². The highest BCUT2D eigenvalue weighted by atomic mass is 19.4. The molecule has 0 unspecified atom stereocenters. The third-order valence-electron chi connectivity index (χ3n) is 4.19. The van der Waals surface area contributed by atoms with Gasteiger partial charge in [0.15, 0.2) is 0 Å². The summed E-state index contributed by atoms with van der Waals surface area (Å²) in [5.74, 6) is 0.799. The predicted octanol–water partition coefficient (Wildman–Crippen LogP) is 3.32. The molecule has 1 aromatic heterocycles. The summed E-state index contributed by atoms with van der Waals surface area (Å²) in [5.41, 5.74) is 1.03. The normalized spacial score (nSPS) is 17.3. The second-order valence-corrected chi connectivity index (χ2v) is 6.18. The highest BCUT2D eigenvalue weighted by Gasteiger charge is 2.30. The van der Waals surface area contributed by atoms with Gasteiger partial charge in [-0.2, -0.15) is 13.2 Å². The van der Waals surface area contributed by atoms with Crippen LogP contribution in [-0.2, 0) is 19.3 Å². The molecule has 0 saturated carbocycles. The molecule has 0 amide bonds. The van der Waals surface area contributed by atoms with Gasteiger partial charge in [-0.15, -0.1) is 0 Å². The summed E-state index contributed by atoms with van der Waals surface area (Å²) in [6.07, 6.45) is -4.29. The molecule has 0 bridgehead atoms. The number of hydrogen-bond donors (Lipinski definition) is 0. The Morgan fingerprint density at radius 1 is 1.04 bits per heavy atom. The largest absolute Gasteiger partial charge is 0.416 e. The lowest BCUT2D eigenvalue weighted by atomic mass is 10.1. The smallest absolute Gasteiger partial charge is 0.361 e. The average Bonchev–Trinajstić information content (AvgIpc) is 2.94. The molecular weight excluding hydrogens is 319 g/mol. The maximum atomic E-state index is 12.8. The number of nitrogens with zero attached hydrogens (tertiary/aromatic N) is 3. The lowest BCUT2D eigenvalue weighted by molar-refractivity contribution is -0.137. The molecule has 2 aromatic rings. The van der Waals surface area contributed by atoms with Crippen molar-refractivity contribution < 1.29 is 17.7 Å². The number of hydrogen-bond acceptors (Lipinski definition) is 4. The molecule has 130 valence electrons. The zero-order chi connectivity index (χ0) is 17.2. The van der Waals surface area contributed by atoms with Crippen LogP contribution in [0.4, 0.5) is 13.2 Å². The van der Waals surface area contributed by atoms with Gasteiger partial charge >= 0.3 is 6.18 Å². The molecule has 0 N–H and O–H groups in total. The zero-order valence-corrected chi connectivity index (χ0v) is 13.5. The van der Waals surface area contributed by atoms with E-state index in [1.807, 2.05) is 13.0 Å². The van der Waals surface area contributed by atoms with Crippen molar-refractivity contribution in [2.24, 2.45) is 0 Å². The number of alkyl halides is 3. The first kappa shape index (κ1) is 17.0. The van der Waals surface area contributed by atoms with Gasteiger partial charge in [0, 0.05) is 45.3 Å². The second kappa shape index (κ2) is 6.94. The molecular formula is C17H20F3N3O. The van der Waals surface area contributed by atoms with Crippen molar-refractivity contribution in [3.05, 3.63) is 52.9 Å². The van der Waals surface area contributed by atoms with Crippen molar-refractivity contribution in [3.63, 3.8) is 0 Å². The minimum atomic E-state index is -4.29. The van der Waals surface area contributed by atoms with Gasteiger partial charge < -0.3 is 4.52 Å². The van der Waals surface area contributed by atoms with Gasteiger partial charge in [-0.25, -0.2) is 0 Å². The van der Waals surface area contributed by atoms with Crippen LogP contribution in [0.3, 0.4) is 0 Å². The molecule has 1 aliphatic heterocycles. The molecule has 1 saturated heterocycles. The van der Waals surface area contributed by atoms with Crippen molar-refractivity contribution in [2.45, 2.75) is 26.2 Å². The summed E-state index contributed by atoms with van der Waals surface area (Å²) in [4.78, 5) is 4.46. The standard InChI is InChI=1S/C17H20F3N3O/c1-13-9-16(21-24-13)12-23-7-5-22(6-8-23)11-14-3-2-4-15(10-14)17(18,19)20/h2-4,9-10H,5-8,11-12H2,1H3. The molecule has 7 heteroatoms.